The van der Waals surface area contributed by atoms with E-state index in [-0.39, 0.29) is 17.4 Å². The zero-order valence-electron chi connectivity index (χ0n) is 19.5. The van der Waals surface area contributed by atoms with Gasteiger partial charge in [0.05, 0.1) is 6.07 Å². The topological polar surface area (TPSA) is 98.6 Å². The van der Waals surface area contributed by atoms with E-state index in [4.69, 9.17) is 4.52 Å². The number of hydrogen-bond acceptors (Lipinski definition) is 5. The molecule has 0 unspecified atom stereocenters. The number of anilines is 1. The Morgan fingerprint density at radius 1 is 1.18 bits per heavy atom. The Labute approximate surface area is 197 Å². The maximum absolute atomic E-state index is 12.4. The minimum absolute atomic E-state index is 0.144. The zero-order chi connectivity index (χ0) is 23.6. The van der Waals surface area contributed by atoms with Gasteiger partial charge in [0.2, 0.25) is 0 Å². The van der Waals surface area contributed by atoms with Gasteiger partial charge in [-0.05, 0) is 23.8 Å². The number of hydrogen-bond donors (Lipinski definition) is 2. The van der Waals surface area contributed by atoms with Crippen LogP contribution in [0.2, 0.25) is 0 Å². The first-order valence-corrected chi connectivity index (χ1v) is 11.7. The first-order chi connectivity index (χ1) is 15.7. The molecule has 33 heavy (non-hydrogen) atoms. The largest absolute Gasteiger partial charge is 0.406 e. The van der Waals surface area contributed by atoms with Crippen LogP contribution in [0.25, 0.3) is 5.65 Å². The number of carbonyl (C=O) groups is 1. The van der Waals surface area contributed by atoms with E-state index >= 15 is 0 Å². The molecule has 0 radical (unpaired) electrons. The van der Waals surface area contributed by atoms with Gasteiger partial charge < -0.3 is 9.84 Å². The fourth-order valence-electron chi connectivity index (χ4n) is 3.29. The number of nitrogens with one attached hydrogen (secondary N) is 3. The quantitative estimate of drug-likeness (QED) is 0.416. The third kappa shape index (κ3) is 5.36. The van der Waals surface area contributed by atoms with Gasteiger partial charge in [-0.1, -0.05) is 69.7 Å². The second-order valence-electron chi connectivity index (χ2n) is 9.20. The number of carbonyl (C=O) groups excluding carboxylic acids is 1. The van der Waals surface area contributed by atoms with Crippen molar-refractivity contribution in [1.29, 1.82) is 0 Å². The van der Waals surface area contributed by atoms with Gasteiger partial charge in [0.1, 0.15) is 5.82 Å². The van der Waals surface area contributed by atoms with Crippen molar-refractivity contribution in [3.05, 3.63) is 65.8 Å². The summed E-state index contributed by atoms with van der Waals surface area (Å²) < 4.78 is 7.48. The minimum Gasteiger partial charge on any atom is -0.314 e. The summed E-state index contributed by atoms with van der Waals surface area (Å²) in [7, 11) is 0. The van der Waals surface area contributed by atoms with Crippen molar-refractivity contribution in [3.63, 3.8) is 0 Å². The van der Waals surface area contributed by atoms with Crippen molar-refractivity contribution in [1.82, 2.24) is 19.9 Å². The van der Waals surface area contributed by atoms with Crippen molar-refractivity contribution in [2.45, 2.75) is 62.3 Å². The molecule has 0 aliphatic rings. The fraction of sp³-hybridized carbons (Fsp3) is 0.333. The Morgan fingerprint density at radius 2 is 1.97 bits per heavy atom. The van der Waals surface area contributed by atoms with Crippen LogP contribution in [-0.2, 0) is 12.0 Å². The molecule has 172 valence electrons. The van der Waals surface area contributed by atoms with E-state index in [1.807, 2.05) is 55.5 Å². The van der Waals surface area contributed by atoms with E-state index in [0.29, 0.717) is 12.4 Å². The van der Waals surface area contributed by atoms with Gasteiger partial charge >= 0.3 is 11.8 Å². The number of benzene rings is 1. The SMILES string of the molecule is CC(C)c1nnc2ccc(Sc3ccccc3CNC(=O)Nc3cc(C(C)(C)C)o[nH+]3)cn12. The number of pyridine rings is 1. The predicted molar refractivity (Wildman–Crippen MR) is 127 cm³/mol. The van der Waals surface area contributed by atoms with Gasteiger partial charge in [0.25, 0.3) is 0 Å². The highest BCUT2D eigenvalue weighted by atomic mass is 32.2. The zero-order valence-corrected chi connectivity index (χ0v) is 20.3. The number of nitrogens with zero attached hydrogens (tertiary/aromatic N) is 3. The highest BCUT2D eigenvalue weighted by Gasteiger charge is 2.23. The first kappa shape index (κ1) is 22.8. The Balaban J connectivity index is 1.43. The van der Waals surface area contributed by atoms with E-state index in [2.05, 4.69) is 52.1 Å². The Bertz CT molecular complexity index is 1270. The summed E-state index contributed by atoms with van der Waals surface area (Å²) in [6.07, 6.45) is 2.06. The summed E-state index contributed by atoms with van der Waals surface area (Å²) in [6.45, 7) is 10.7. The number of amides is 2. The Kier molecular flexibility index (Phi) is 6.42. The molecule has 9 heteroatoms. The monoisotopic (exact) mass is 465 g/mol. The number of aromatic nitrogens is 4. The van der Waals surface area contributed by atoms with Crippen molar-refractivity contribution in [3.8, 4) is 0 Å². The van der Waals surface area contributed by atoms with Crippen LogP contribution in [0.5, 0.6) is 0 Å². The summed E-state index contributed by atoms with van der Waals surface area (Å²) in [5.74, 6) is 2.50. The highest BCUT2D eigenvalue weighted by molar-refractivity contribution is 7.99. The average Bonchev–Trinajstić information content (AvgIpc) is 3.40. The Hall–Kier alpha value is -3.33. The molecule has 0 fully saturated rings. The van der Waals surface area contributed by atoms with Crippen molar-refractivity contribution in [2.24, 2.45) is 0 Å². The first-order valence-electron chi connectivity index (χ1n) is 10.9. The van der Waals surface area contributed by atoms with Gasteiger partial charge in [-0.3, -0.25) is 4.40 Å². The molecule has 2 amide bonds. The van der Waals surface area contributed by atoms with E-state index in [1.54, 1.807) is 17.8 Å². The molecule has 0 bridgehead atoms. The van der Waals surface area contributed by atoms with Gasteiger partial charge in [0, 0.05) is 33.9 Å². The molecule has 0 atom stereocenters. The second-order valence-corrected chi connectivity index (χ2v) is 10.3. The molecule has 0 saturated carbocycles. The summed E-state index contributed by atoms with van der Waals surface area (Å²) in [6, 6.07) is 13.5. The van der Waals surface area contributed by atoms with E-state index in [9.17, 15) is 4.79 Å². The number of aromatic amines is 1. The average molecular weight is 466 g/mol. The molecule has 1 aromatic carbocycles. The maximum atomic E-state index is 12.4. The summed E-state index contributed by atoms with van der Waals surface area (Å²) in [4.78, 5) is 14.6. The van der Waals surface area contributed by atoms with Crippen LogP contribution in [0.3, 0.4) is 0 Å². The van der Waals surface area contributed by atoms with E-state index < -0.39 is 0 Å². The van der Waals surface area contributed by atoms with Gasteiger partial charge in [-0.2, -0.15) is 5.32 Å². The van der Waals surface area contributed by atoms with E-state index in [1.165, 1.54) is 0 Å². The molecule has 0 aliphatic carbocycles. The van der Waals surface area contributed by atoms with Gasteiger partial charge in [-0.25, -0.2) is 4.79 Å². The molecule has 8 nitrogen and oxygen atoms in total. The number of rotatable bonds is 6. The van der Waals surface area contributed by atoms with Gasteiger partial charge in [0.15, 0.2) is 11.4 Å². The molecule has 3 N–H and O–H groups in total. The smallest absolute Gasteiger partial charge is 0.314 e. The summed E-state index contributed by atoms with van der Waals surface area (Å²) >= 11 is 1.65. The third-order valence-electron chi connectivity index (χ3n) is 5.09. The van der Waals surface area contributed by atoms with Crippen molar-refractivity contribution < 1.29 is 14.5 Å². The minimum atomic E-state index is -0.306. The van der Waals surface area contributed by atoms with Crippen molar-refractivity contribution in [2.75, 3.05) is 5.32 Å². The van der Waals surface area contributed by atoms with E-state index in [0.717, 1.165) is 32.6 Å². The molecule has 3 aromatic heterocycles. The molecular weight excluding hydrogens is 436 g/mol. The fourth-order valence-corrected chi connectivity index (χ4v) is 4.26. The predicted octanol–water partition coefficient (Wildman–Crippen LogP) is 5.03. The Morgan fingerprint density at radius 3 is 2.70 bits per heavy atom. The normalized spacial score (nSPS) is 11.8. The van der Waals surface area contributed by atoms with Crippen LogP contribution in [0.4, 0.5) is 10.6 Å². The number of urea groups is 1. The molecule has 3 heterocycles. The van der Waals surface area contributed by atoms with Crippen molar-refractivity contribution >= 4 is 29.3 Å². The second kappa shape index (κ2) is 9.27. The summed E-state index contributed by atoms with van der Waals surface area (Å²) in [5, 5.41) is 17.0. The standard InChI is InChI=1S/C24H28N6O2S/c1-15(2)22-28-27-21-11-10-17(14-30(21)22)33-18-9-7-6-8-16(18)13-25-23(31)26-20-12-19(32-29-20)24(3,4)5/h6-12,14-15H,13H2,1-5H3,(H2,25,26,29,31)/p+1. The molecule has 0 saturated heterocycles. The molecule has 0 aliphatic heterocycles. The molecule has 4 aromatic rings. The number of fused-ring (bicyclic) bond motifs is 1. The lowest BCUT2D eigenvalue weighted by Gasteiger charge is -2.11. The highest BCUT2D eigenvalue weighted by Crippen LogP contribution is 2.31. The lowest BCUT2D eigenvalue weighted by atomic mass is 9.93. The molecule has 0 spiro atoms. The third-order valence-corrected chi connectivity index (χ3v) is 6.19. The molecule has 4 rings (SSSR count). The van der Waals surface area contributed by atoms with Crippen LogP contribution in [0, 0.1) is 0 Å². The van der Waals surface area contributed by atoms with Crippen LogP contribution >= 0.6 is 11.8 Å². The lowest BCUT2D eigenvalue weighted by Crippen LogP contribution is -2.30. The summed E-state index contributed by atoms with van der Waals surface area (Å²) in [5.41, 5.74) is 1.71. The maximum Gasteiger partial charge on any atom is 0.406 e. The number of H-pyrrole nitrogens is 1. The van der Waals surface area contributed by atoms with Crippen LogP contribution in [-0.4, -0.2) is 20.6 Å². The lowest BCUT2D eigenvalue weighted by molar-refractivity contribution is -0.598. The van der Waals surface area contributed by atoms with Gasteiger partial charge in [-0.15, -0.1) is 10.2 Å². The van der Waals surface area contributed by atoms with Crippen LogP contribution in [0.1, 0.15) is 57.7 Å². The molecular formula is C24H29N6O2S+. The van der Waals surface area contributed by atoms with Crippen LogP contribution < -0.4 is 15.8 Å². The van der Waals surface area contributed by atoms with Crippen LogP contribution in [0.15, 0.2) is 63.0 Å².